The van der Waals surface area contributed by atoms with Crippen LogP contribution in [-0.2, 0) is 14.3 Å². The Morgan fingerprint density at radius 1 is 1.32 bits per heavy atom. The lowest BCUT2D eigenvalue weighted by Crippen LogP contribution is -2.28. The van der Waals surface area contributed by atoms with Crippen LogP contribution in [0, 0.1) is 12.8 Å². The van der Waals surface area contributed by atoms with E-state index in [0.29, 0.717) is 12.4 Å². The summed E-state index contributed by atoms with van der Waals surface area (Å²) in [5.74, 6) is -0.178. The van der Waals surface area contributed by atoms with Crippen LogP contribution in [0.3, 0.4) is 0 Å². The van der Waals surface area contributed by atoms with Gasteiger partial charge in [-0.2, -0.15) is 5.10 Å². The Labute approximate surface area is 128 Å². The van der Waals surface area contributed by atoms with E-state index in [4.69, 9.17) is 4.74 Å². The van der Waals surface area contributed by atoms with Gasteiger partial charge in [-0.1, -0.05) is 18.2 Å². The smallest absolute Gasteiger partial charge is 0.311 e. The molecule has 0 spiro atoms. The topological polar surface area (TPSA) is 64.4 Å². The number of hydrogen-bond donors (Lipinski definition) is 0. The van der Waals surface area contributed by atoms with Crippen LogP contribution >= 0.6 is 0 Å². The maximum absolute atomic E-state index is 12.3. The second-order valence-corrected chi connectivity index (χ2v) is 5.32. The molecule has 2 heterocycles. The van der Waals surface area contributed by atoms with Gasteiger partial charge < -0.3 is 4.74 Å². The molecule has 1 fully saturated rings. The summed E-state index contributed by atoms with van der Waals surface area (Å²) < 4.78 is 6.48. The molecule has 1 aromatic carbocycles. The number of rotatable bonds is 3. The van der Waals surface area contributed by atoms with E-state index in [2.05, 4.69) is 5.10 Å². The van der Waals surface area contributed by atoms with Crippen LogP contribution in [0.2, 0.25) is 0 Å². The van der Waals surface area contributed by atoms with Gasteiger partial charge in [-0.05, 0) is 19.1 Å². The second-order valence-electron chi connectivity index (χ2n) is 5.32. The summed E-state index contributed by atoms with van der Waals surface area (Å²) in [5, 5.41) is 4.46. The number of para-hydroxylation sites is 1. The number of benzene rings is 1. The Balaban J connectivity index is 1.96. The molecule has 1 atom stereocenters. The van der Waals surface area contributed by atoms with Crippen LogP contribution in [0.15, 0.2) is 36.4 Å². The lowest BCUT2D eigenvalue weighted by molar-refractivity contribution is -0.145. The zero-order valence-electron chi connectivity index (χ0n) is 12.5. The van der Waals surface area contributed by atoms with E-state index >= 15 is 0 Å². The van der Waals surface area contributed by atoms with E-state index in [1.54, 1.807) is 9.58 Å². The van der Waals surface area contributed by atoms with Crippen molar-refractivity contribution < 1.29 is 14.3 Å². The quantitative estimate of drug-likeness (QED) is 0.809. The zero-order chi connectivity index (χ0) is 15.7. The number of aromatic nitrogens is 2. The van der Waals surface area contributed by atoms with E-state index in [0.717, 1.165) is 11.4 Å². The van der Waals surface area contributed by atoms with Crippen molar-refractivity contribution in [3.8, 4) is 5.69 Å². The first-order chi connectivity index (χ1) is 10.6. The Morgan fingerprint density at radius 2 is 2.05 bits per heavy atom. The van der Waals surface area contributed by atoms with Crippen molar-refractivity contribution in [3.63, 3.8) is 0 Å². The fourth-order valence-corrected chi connectivity index (χ4v) is 2.69. The zero-order valence-corrected chi connectivity index (χ0v) is 12.5. The number of amides is 1. The van der Waals surface area contributed by atoms with Gasteiger partial charge in [0.25, 0.3) is 0 Å². The number of nitrogens with zero attached hydrogens (tertiary/aromatic N) is 3. The molecule has 6 nitrogen and oxygen atoms in total. The van der Waals surface area contributed by atoms with Crippen LogP contribution in [0.1, 0.15) is 12.1 Å². The molecular formula is C16H17N3O3. The summed E-state index contributed by atoms with van der Waals surface area (Å²) in [4.78, 5) is 25.6. The summed E-state index contributed by atoms with van der Waals surface area (Å²) in [6.45, 7) is 2.20. The summed E-state index contributed by atoms with van der Waals surface area (Å²) in [7, 11) is 1.34. The molecule has 1 aliphatic rings. The van der Waals surface area contributed by atoms with Crippen LogP contribution in [0.5, 0.6) is 0 Å². The lowest BCUT2D eigenvalue weighted by Gasteiger charge is -2.17. The molecule has 1 saturated heterocycles. The van der Waals surface area contributed by atoms with Crippen molar-refractivity contribution in [1.29, 1.82) is 0 Å². The van der Waals surface area contributed by atoms with Gasteiger partial charge in [0.1, 0.15) is 5.82 Å². The van der Waals surface area contributed by atoms with Gasteiger partial charge in [0.2, 0.25) is 5.91 Å². The molecule has 0 N–H and O–H groups in total. The van der Waals surface area contributed by atoms with E-state index < -0.39 is 5.92 Å². The molecule has 114 valence electrons. The van der Waals surface area contributed by atoms with Gasteiger partial charge in [-0.15, -0.1) is 0 Å². The van der Waals surface area contributed by atoms with Gasteiger partial charge in [-0.3, -0.25) is 14.5 Å². The third kappa shape index (κ3) is 2.47. The van der Waals surface area contributed by atoms with Crippen LogP contribution in [-0.4, -0.2) is 35.3 Å². The monoisotopic (exact) mass is 299 g/mol. The minimum atomic E-state index is -0.420. The first-order valence-corrected chi connectivity index (χ1v) is 7.10. The third-order valence-corrected chi connectivity index (χ3v) is 3.75. The van der Waals surface area contributed by atoms with E-state index in [1.807, 2.05) is 43.3 Å². The third-order valence-electron chi connectivity index (χ3n) is 3.75. The SMILES string of the molecule is COC(=O)C1CC(=O)N(c2cc(C)nn2-c2ccccc2)C1. The molecule has 6 heteroatoms. The van der Waals surface area contributed by atoms with Gasteiger partial charge in [0, 0.05) is 19.0 Å². The van der Waals surface area contributed by atoms with Gasteiger partial charge in [0.15, 0.2) is 0 Å². The number of carbonyl (C=O) groups excluding carboxylic acids is 2. The van der Waals surface area contributed by atoms with Crippen molar-refractivity contribution in [2.75, 3.05) is 18.6 Å². The first kappa shape index (κ1) is 14.3. The Bertz CT molecular complexity index is 709. The normalized spacial score (nSPS) is 17.8. The molecule has 0 bridgehead atoms. The number of aryl methyl sites for hydroxylation is 1. The Morgan fingerprint density at radius 3 is 2.73 bits per heavy atom. The van der Waals surface area contributed by atoms with Crippen molar-refractivity contribution in [2.45, 2.75) is 13.3 Å². The summed E-state index contributed by atoms with van der Waals surface area (Å²) >= 11 is 0. The van der Waals surface area contributed by atoms with Crippen molar-refractivity contribution in [1.82, 2.24) is 9.78 Å². The molecule has 1 unspecified atom stereocenters. The molecule has 0 aliphatic carbocycles. The van der Waals surface area contributed by atoms with Crippen LogP contribution in [0.25, 0.3) is 5.69 Å². The molecule has 2 aromatic rings. The maximum Gasteiger partial charge on any atom is 0.311 e. The molecule has 0 saturated carbocycles. The summed E-state index contributed by atoms with van der Waals surface area (Å²) in [5.41, 5.74) is 1.69. The highest BCUT2D eigenvalue weighted by Gasteiger charge is 2.37. The minimum Gasteiger partial charge on any atom is -0.469 e. The first-order valence-electron chi connectivity index (χ1n) is 7.10. The number of carbonyl (C=O) groups is 2. The van der Waals surface area contributed by atoms with Crippen molar-refractivity contribution in [3.05, 3.63) is 42.1 Å². The molecule has 1 aromatic heterocycles. The second kappa shape index (κ2) is 5.63. The molecule has 1 amide bonds. The number of esters is 1. The molecule has 0 radical (unpaired) electrons. The largest absolute Gasteiger partial charge is 0.469 e. The van der Waals surface area contributed by atoms with E-state index in [1.165, 1.54) is 7.11 Å². The molecular weight excluding hydrogens is 282 g/mol. The number of anilines is 1. The Kier molecular flexibility index (Phi) is 3.66. The highest BCUT2D eigenvalue weighted by molar-refractivity contribution is 5.99. The predicted octanol–water partition coefficient (Wildman–Crippen LogP) is 1.71. The summed E-state index contributed by atoms with van der Waals surface area (Å²) in [6.07, 6.45) is 0.172. The maximum atomic E-state index is 12.3. The van der Waals surface area contributed by atoms with Gasteiger partial charge in [0.05, 0.1) is 24.4 Å². The average Bonchev–Trinajstić information content (AvgIpc) is 3.10. The number of ether oxygens (including phenoxy) is 1. The average molecular weight is 299 g/mol. The van der Waals surface area contributed by atoms with E-state index in [-0.39, 0.29) is 18.3 Å². The fraction of sp³-hybridized carbons (Fsp3) is 0.312. The predicted molar refractivity (Wildman–Crippen MR) is 80.8 cm³/mol. The molecule has 3 rings (SSSR count). The Hall–Kier alpha value is -2.63. The molecule has 22 heavy (non-hydrogen) atoms. The highest BCUT2D eigenvalue weighted by Crippen LogP contribution is 2.28. The van der Waals surface area contributed by atoms with Crippen molar-refractivity contribution >= 4 is 17.7 Å². The number of methoxy groups -OCH3 is 1. The van der Waals surface area contributed by atoms with Crippen LogP contribution < -0.4 is 4.90 Å². The number of hydrogen-bond acceptors (Lipinski definition) is 4. The van der Waals surface area contributed by atoms with Crippen molar-refractivity contribution in [2.24, 2.45) is 5.92 Å². The van der Waals surface area contributed by atoms with Gasteiger partial charge in [-0.25, -0.2) is 4.68 Å². The lowest BCUT2D eigenvalue weighted by atomic mass is 10.1. The summed E-state index contributed by atoms with van der Waals surface area (Å²) in [6, 6.07) is 11.5. The highest BCUT2D eigenvalue weighted by atomic mass is 16.5. The standard InChI is InChI=1S/C16H17N3O3/c1-11-8-14(19(17-11)13-6-4-3-5-7-13)18-10-12(9-15(18)20)16(21)22-2/h3-8,12H,9-10H2,1-2H3. The fourth-order valence-electron chi connectivity index (χ4n) is 2.69. The minimum absolute atomic E-state index is 0.0903. The van der Waals surface area contributed by atoms with Gasteiger partial charge >= 0.3 is 5.97 Å². The van der Waals surface area contributed by atoms with Crippen LogP contribution in [0.4, 0.5) is 5.82 Å². The van der Waals surface area contributed by atoms with E-state index in [9.17, 15) is 9.59 Å². The molecule has 1 aliphatic heterocycles.